The lowest BCUT2D eigenvalue weighted by Crippen LogP contribution is -2.10. The Labute approximate surface area is 119 Å². The van der Waals surface area contributed by atoms with Crippen LogP contribution in [0.5, 0.6) is 0 Å². The van der Waals surface area contributed by atoms with Crippen LogP contribution < -0.4 is 5.32 Å². The van der Waals surface area contributed by atoms with Crippen molar-refractivity contribution in [2.45, 2.75) is 6.92 Å². The Hall–Kier alpha value is -2.21. The number of nitrogens with one attached hydrogen (secondary N) is 1. The van der Waals surface area contributed by atoms with Crippen LogP contribution in [-0.4, -0.2) is 19.0 Å². The molecule has 0 aliphatic heterocycles. The van der Waals surface area contributed by atoms with Crippen molar-refractivity contribution in [3.8, 4) is 0 Å². The Balaban J connectivity index is 2.16. The van der Waals surface area contributed by atoms with E-state index in [1.54, 1.807) is 13.0 Å². The predicted octanol–water partition coefficient (Wildman–Crippen LogP) is 3.23. The second-order valence-electron chi connectivity index (χ2n) is 4.08. The van der Waals surface area contributed by atoms with Crippen molar-refractivity contribution in [1.29, 1.82) is 0 Å². The summed E-state index contributed by atoms with van der Waals surface area (Å²) < 4.78 is 17.4. The van der Waals surface area contributed by atoms with Crippen molar-refractivity contribution in [2.24, 2.45) is 0 Å². The normalized spacial score (nSPS) is 10.2. The Morgan fingerprint density at radius 1 is 1.25 bits per heavy atom. The Morgan fingerprint density at radius 3 is 2.50 bits per heavy atom. The van der Waals surface area contributed by atoms with Crippen molar-refractivity contribution in [3.63, 3.8) is 0 Å². The quantitative estimate of drug-likeness (QED) is 0.884. The smallest absolute Gasteiger partial charge is 0.348 e. The molecule has 0 bridgehead atoms. The molecule has 0 aliphatic carbocycles. The third kappa shape index (κ3) is 3.03. The summed E-state index contributed by atoms with van der Waals surface area (Å²) in [6.07, 6.45) is 0. The van der Waals surface area contributed by atoms with Gasteiger partial charge in [0.2, 0.25) is 0 Å². The van der Waals surface area contributed by atoms with Crippen LogP contribution in [0.25, 0.3) is 0 Å². The second kappa shape index (κ2) is 5.83. The molecular formula is C14H12FNO3S. The molecule has 0 radical (unpaired) electrons. The molecule has 6 heteroatoms. The zero-order chi connectivity index (χ0) is 14.7. The molecule has 0 fully saturated rings. The van der Waals surface area contributed by atoms with Crippen molar-refractivity contribution >= 4 is 28.2 Å². The number of ether oxygens (including phenoxy) is 1. The molecule has 4 nitrogen and oxygen atoms in total. The standard InChI is InChI=1S/C14H12FNO3S/c1-8-7-11(20-12(8)14(18)19-2)16-13(17)9-3-5-10(15)6-4-9/h3-7H,1-2H3,(H,16,17). The number of aryl methyl sites for hydroxylation is 1. The van der Waals surface area contributed by atoms with Gasteiger partial charge in [0.05, 0.1) is 12.1 Å². The van der Waals surface area contributed by atoms with E-state index >= 15 is 0 Å². The molecule has 1 aromatic carbocycles. The van der Waals surface area contributed by atoms with Gasteiger partial charge in [-0.15, -0.1) is 11.3 Å². The molecule has 104 valence electrons. The SMILES string of the molecule is COC(=O)c1sc(NC(=O)c2ccc(F)cc2)cc1C. The number of hydrogen-bond acceptors (Lipinski definition) is 4. The molecular weight excluding hydrogens is 281 g/mol. The fourth-order valence-corrected chi connectivity index (χ4v) is 2.61. The third-order valence-corrected chi connectivity index (χ3v) is 3.76. The maximum atomic E-state index is 12.8. The van der Waals surface area contributed by atoms with E-state index in [4.69, 9.17) is 0 Å². The summed E-state index contributed by atoms with van der Waals surface area (Å²) in [5.41, 5.74) is 1.08. The molecule has 2 rings (SSSR count). The van der Waals surface area contributed by atoms with E-state index in [0.29, 0.717) is 15.4 Å². The number of esters is 1. The second-order valence-corrected chi connectivity index (χ2v) is 5.13. The van der Waals surface area contributed by atoms with E-state index in [0.717, 1.165) is 16.9 Å². The highest BCUT2D eigenvalue weighted by molar-refractivity contribution is 7.18. The lowest BCUT2D eigenvalue weighted by molar-refractivity contribution is 0.0605. The van der Waals surface area contributed by atoms with E-state index in [-0.39, 0.29) is 5.91 Å². The molecule has 0 saturated heterocycles. The summed E-state index contributed by atoms with van der Waals surface area (Å²) >= 11 is 1.14. The molecule has 20 heavy (non-hydrogen) atoms. The van der Waals surface area contributed by atoms with E-state index < -0.39 is 11.8 Å². The van der Waals surface area contributed by atoms with Crippen molar-refractivity contribution < 1.29 is 18.7 Å². The fourth-order valence-electron chi connectivity index (χ4n) is 1.62. The van der Waals surface area contributed by atoms with Gasteiger partial charge in [0.1, 0.15) is 10.7 Å². The third-order valence-electron chi connectivity index (χ3n) is 2.63. The van der Waals surface area contributed by atoms with Crippen LogP contribution in [0.1, 0.15) is 25.6 Å². The summed E-state index contributed by atoms with van der Waals surface area (Å²) in [7, 11) is 1.30. The number of anilines is 1. The van der Waals surface area contributed by atoms with Crippen LogP contribution in [0, 0.1) is 12.7 Å². The monoisotopic (exact) mass is 293 g/mol. The molecule has 0 unspecified atom stereocenters. The van der Waals surface area contributed by atoms with Crippen LogP contribution in [0.2, 0.25) is 0 Å². The summed E-state index contributed by atoms with van der Waals surface area (Å²) in [5, 5.41) is 3.21. The van der Waals surface area contributed by atoms with Crippen LogP contribution in [0.3, 0.4) is 0 Å². The predicted molar refractivity (Wildman–Crippen MR) is 74.7 cm³/mol. The topological polar surface area (TPSA) is 55.4 Å². The maximum Gasteiger partial charge on any atom is 0.348 e. The summed E-state index contributed by atoms with van der Waals surface area (Å²) in [5.74, 6) is -1.20. The average Bonchev–Trinajstić information content (AvgIpc) is 2.79. The molecule has 0 atom stereocenters. The molecule has 0 spiro atoms. The number of hydrogen-bond donors (Lipinski definition) is 1. The van der Waals surface area contributed by atoms with E-state index in [1.165, 1.54) is 31.4 Å². The average molecular weight is 293 g/mol. The lowest BCUT2D eigenvalue weighted by Gasteiger charge is -2.02. The van der Waals surface area contributed by atoms with E-state index in [2.05, 4.69) is 10.1 Å². The molecule has 1 aromatic heterocycles. The molecule has 0 saturated carbocycles. The van der Waals surface area contributed by atoms with Gasteiger partial charge in [-0.25, -0.2) is 9.18 Å². The van der Waals surface area contributed by atoms with Gasteiger partial charge < -0.3 is 10.1 Å². The van der Waals surface area contributed by atoms with Crippen molar-refractivity contribution in [1.82, 2.24) is 0 Å². The van der Waals surface area contributed by atoms with E-state index in [9.17, 15) is 14.0 Å². The van der Waals surface area contributed by atoms with Gasteiger partial charge in [0, 0.05) is 5.56 Å². The number of methoxy groups -OCH3 is 1. The zero-order valence-electron chi connectivity index (χ0n) is 10.9. The number of thiophene rings is 1. The van der Waals surface area contributed by atoms with Gasteiger partial charge in [-0.2, -0.15) is 0 Å². The van der Waals surface area contributed by atoms with E-state index in [1.807, 2.05) is 0 Å². The molecule has 2 aromatic rings. The number of rotatable bonds is 3. The van der Waals surface area contributed by atoms with Crippen molar-refractivity contribution in [2.75, 3.05) is 12.4 Å². The van der Waals surface area contributed by atoms with Crippen LogP contribution in [0.15, 0.2) is 30.3 Å². The first-order valence-electron chi connectivity index (χ1n) is 5.77. The van der Waals surface area contributed by atoms with Gasteiger partial charge in [-0.3, -0.25) is 4.79 Å². The Bertz CT molecular complexity index is 649. The Kier molecular flexibility index (Phi) is 4.14. The maximum absolute atomic E-state index is 12.8. The molecule has 1 amide bonds. The molecule has 1 N–H and O–H groups in total. The first-order chi connectivity index (χ1) is 9.51. The van der Waals surface area contributed by atoms with Crippen LogP contribution in [-0.2, 0) is 4.74 Å². The summed E-state index contributed by atoms with van der Waals surface area (Å²) in [6, 6.07) is 6.92. The summed E-state index contributed by atoms with van der Waals surface area (Å²) in [6.45, 7) is 1.76. The summed E-state index contributed by atoms with van der Waals surface area (Å²) in [4.78, 5) is 23.9. The molecule has 1 heterocycles. The highest BCUT2D eigenvalue weighted by atomic mass is 32.1. The fraction of sp³-hybridized carbons (Fsp3) is 0.143. The highest BCUT2D eigenvalue weighted by Crippen LogP contribution is 2.27. The van der Waals surface area contributed by atoms with Gasteiger partial charge in [-0.05, 0) is 42.8 Å². The number of benzene rings is 1. The number of carbonyl (C=O) groups is 2. The highest BCUT2D eigenvalue weighted by Gasteiger charge is 2.15. The minimum atomic E-state index is -0.435. The van der Waals surface area contributed by atoms with Gasteiger partial charge >= 0.3 is 5.97 Å². The first-order valence-corrected chi connectivity index (χ1v) is 6.58. The van der Waals surface area contributed by atoms with Crippen LogP contribution >= 0.6 is 11.3 Å². The van der Waals surface area contributed by atoms with Gasteiger partial charge in [0.25, 0.3) is 5.91 Å². The Morgan fingerprint density at radius 2 is 1.90 bits per heavy atom. The number of carbonyl (C=O) groups excluding carboxylic acids is 2. The van der Waals surface area contributed by atoms with Gasteiger partial charge in [-0.1, -0.05) is 0 Å². The van der Waals surface area contributed by atoms with Gasteiger partial charge in [0.15, 0.2) is 0 Å². The zero-order valence-corrected chi connectivity index (χ0v) is 11.7. The number of halogens is 1. The number of amides is 1. The minimum absolute atomic E-state index is 0.345. The first kappa shape index (κ1) is 14.2. The van der Waals surface area contributed by atoms with Crippen LogP contribution in [0.4, 0.5) is 9.39 Å². The van der Waals surface area contributed by atoms with Crippen molar-refractivity contribution in [3.05, 3.63) is 52.2 Å². The largest absolute Gasteiger partial charge is 0.465 e. The molecule has 0 aliphatic rings. The minimum Gasteiger partial charge on any atom is -0.465 e. The lowest BCUT2D eigenvalue weighted by atomic mass is 10.2.